The summed E-state index contributed by atoms with van der Waals surface area (Å²) < 4.78 is 0. The zero-order valence-electron chi connectivity index (χ0n) is 8.62. The van der Waals surface area contributed by atoms with Crippen LogP contribution in [0.4, 0.5) is 0 Å². The molecule has 1 N–H and O–H groups in total. The summed E-state index contributed by atoms with van der Waals surface area (Å²) >= 11 is 0. The van der Waals surface area contributed by atoms with Crippen LogP contribution in [0.3, 0.4) is 0 Å². The number of pyridine rings is 1. The summed E-state index contributed by atoms with van der Waals surface area (Å²) in [5.74, 6) is 0.0554. The number of nitriles is 1. The number of rotatable bonds is 4. The van der Waals surface area contributed by atoms with Crippen LogP contribution in [-0.4, -0.2) is 11.5 Å². The van der Waals surface area contributed by atoms with E-state index in [2.05, 4.69) is 16.4 Å². The Morgan fingerprint density at radius 2 is 2.36 bits per heavy atom. The second-order valence-corrected chi connectivity index (χ2v) is 3.43. The van der Waals surface area contributed by atoms with E-state index in [9.17, 15) is 0 Å². The lowest BCUT2D eigenvalue weighted by Gasteiger charge is -2.05. The normalized spacial score (nSPS) is 12.1. The molecule has 0 saturated carbocycles. The zero-order valence-corrected chi connectivity index (χ0v) is 8.62. The fraction of sp³-hybridized carbons (Fsp3) is 0.455. The third-order valence-electron chi connectivity index (χ3n) is 1.92. The Labute approximate surface area is 84.8 Å². The van der Waals surface area contributed by atoms with Gasteiger partial charge in [-0.2, -0.15) is 5.26 Å². The summed E-state index contributed by atoms with van der Waals surface area (Å²) in [6, 6.07) is 8.13. The van der Waals surface area contributed by atoms with Crippen LogP contribution in [0.5, 0.6) is 0 Å². The summed E-state index contributed by atoms with van der Waals surface area (Å²) in [6.45, 7) is 5.32. The largest absolute Gasteiger partial charge is 0.310 e. The number of aryl methyl sites for hydroxylation is 1. The Morgan fingerprint density at radius 3 is 3.00 bits per heavy atom. The molecule has 14 heavy (non-hydrogen) atoms. The van der Waals surface area contributed by atoms with Gasteiger partial charge in [-0.3, -0.25) is 4.98 Å². The molecular weight excluding hydrogens is 174 g/mol. The molecule has 0 saturated heterocycles. The van der Waals surface area contributed by atoms with E-state index in [-0.39, 0.29) is 5.92 Å². The molecule has 0 aliphatic carbocycles. The minimum Gasteiger partial charge on any atom is -0.310 e. The highest BCUT2D eigenvalue weighted by Gasteiger charge is 1.99. The molecule has 1 unspecified atom stereocenters. The van der Waals surface area contributed by atoms with Crippen LogP contribution < -0.4 is 5.32 Å². The van der Waals surface area contributed by atoms with E-state index in [4.69, 9.17) is 5.26 Å². The second-order valence-electron chi connectivity index (χ2n) is 3.43. The molecule has 0 aliphatic heterocycles. The predicted octanol–water partition coefficient (Wildman–Crippen LogP) is 1.64. The maximum Gasteiger partial charge on any atom is 0.0666 e. The van der Waals surface area contributed by atoms with Crippen molar-refractivity contribution in [2.24, 2.45) is 5.92 Å². The highest BCUT2D eigenvalue weighted by atomic mass is 14.9. The van der Waals surface area contributed by atoms with Crippen molar-refractivity contribution >= 4 is 0 Å². The average molecular weight is 189 g/mol. The van der Waals surface area contributed by atoms with Gasteiger partial charge in [0.2, 0.25) is 0 Å². The minimum absolute atomic E-state index is 0.0554. The smallest absolute Gasteiger partial charge is 0.0666 e. The molecule has 1 aromatic rings. The van der Waals surface area contributed by atoms with Gasteiger partial charge in [-0.25, -0.2) is 0 Å². The van der Waals surface area contributed by atoms with Crippen LogP contribution in [0.25, 0.3) is 0 Å². The van der Waals surface area contributed by atoms with Gasteiger partial charge in [0.25, 0.3) is 0 Å². The van der Waals surface area contributed by atoms with Crippen LogP contribution >= 0.6 is 0 Å². The SMILES string of the molecule is Cc1cccc(CNCC(C)C#N)n1. The quantitative estimate of drug-likeness (QED) is 0.783. The summed E-state index contributed by atoms with van der Waals surface area (Å²) in [5, 5.41) is 11.8. The van der Waals surface area contributed by atoms with E-state index in [1.807, 2.05) is 32.0 Å². The standard InChI is InChI=1S/C11H15N3/c1-9(6-12)7-13-8-11-5-3-4-10(2)14-11/h3-5,9,13H,7-8H2,1-2H3. The van der Waals surface area contributed by atoms with Gasteiger partial charge in [0.15, 0.2) is 0 Å². The van der Waals surface area contributed by atoms with Gasteiger partial charge in [0.05, 0.1) is 17.7 Å². The fourth-order valence-electron chi connectivity index (χ4n) is 1.16. The minimum atomic E-state index is 0.0554. The number of nitrogens with one attached hydrogen (secondary N) is 1. The first-order valence-corrected chi connectivity index (χ1v) is 4.75. The van der Waals surface area contributed by atoms with Crippen LogP contribution in [0.2, 0.25) is 0 Å². The van der Waals surface area contributed by atoms with Crippen molar-refractivity contribution in [2.45, 2.75) is 20.4 Å². The van der Waals surface area contributed by atoms with Crippen molar-refractivity contribution in [3.63, 3.8) is 0 Å². The van der Waals surface area contributed by atoms with Crippen LogP contribution in [0.15, 0.2) is 18.2 Å². The monoisotopic (exact) mass is 189 g/mol. The maximum atomic E-state index is 8.57. The first-order valence-electron chi connectivity index (χ1n) is 4.75. The Bertz CT molecular complexity index is 328. The third kappa shape index (κ3) is 3.55. The highest BCUT2D eigenvalue weighted by molar-refractivity contribution is 5.09. The van der Waals surface area contributed by atoms with E-state index < -0.39 is 0 Å². The molecule has 1 aromatic heterocycles. The number of nitrogens with zero attached hydrogens (tertiary/aromatic N) is 2. The van der Waals surface area contributed by atoms with Crippen molar-refractivity contribution in [3.8, 4) is 6.07 Å². The lowest BCUT2D eigenvalue weighted by molar-refractivity contribution is 0.595. The topological polar surface area (TPSA) is 48.7 Å². The first kappa shape index (κ1) is 10.7. The summed E-state index contributed by atoms with van der Waals surface area (Å²) in [7, 11) is 0. The van der Waals surface area contributed by atoms with E-state index in [1.165, 1.54) is 0 Å². The lowest BCUT2D eigenvalue weighted by atomic mass is 10.2. The van der Waals surface area contributed by atoms with E-state index in [0.29, 0.717) is 6.54 Å². The van der Waals surface area contributed by atoms with Crippen molar-refractivity contribution in [2.75, 3.05) is 6.54 Å². The van der Waals surface area contributed by atoms with E-state index >= 15 is 0 Å². The van der Waals surface area contributed by atoms with Crippen molar-refractivity contribution in [1.82, 2.24) is 10.3 Å². The first-order chi connectivity index (χ1) is 6.72. The van der Waals surface area contributed by atoms with Crippen LogP contribution in [0, 0.1) is 24.2 Å². The molecule has 0 aliphatic rings. The molecule has 1 rings (SSSR count). The van der Waals surface area contributed by atoms with Crippen molar-refractivity contribution < 1.29 is 0 Å². The van der Waals surface area contributed by atoms with Gasteiger partial charge in [-0.1, -0.05) is 6.07 Å². The Kier molecular flexibility index (Phi) is 4.09. The van der Waals surface area contributed by atoms with Crippen LogP contribution in [-0.2, 0) is 6.54 Å². The third-order valence-corrected chi connectivity index (χ3v) is 1.92. The average Bonchev–Trinajstić information content (AvgIpc) is 2.17. The summed E-state index contributed by atoms with van der Waals surface area (Å²) in [5.41, 5.74) is 2.05. The van der Waals surface area contributed by atoms with Gasteiger partial charge in [0, 0.05) is 18.8 Å². The van der Waals surface area contributed by atoms with Gasteiger partial charge in [0.1, 0.15) is 0 Å². The predicted molar refractivity (Wildman–Crippen MR) is 55.5 cm³/mol. The van der Waals surface area contributed by atoms with Gasteiger partial charge < -0.3 is 5.32 Å². The Morgan fingerprint density at radius 1 is 1.57 bits per heavy atom. The van der Waals surface area contributed by atoms with E-state index in [1.54, 1.807) is 0 Å². The van der Waals surface area contributed by atoms with Gasteiger partial charge >= 0.3 is 0 Å². The van der Waals surface area contributed by atoms with E-state index in [0.717, 1.165) is 17.9 Å². The van der Waals surface area contributed by atoms with Crippen molar-refractivity contribution in [1.29, 1.82) is 5.26 Å². The van der Waals surface area contributed by atoms with Gasteiger partial charge in [-0.05, 0) is 26.0 Å². The fourth-order valence-corrected chi connectivity index (χ4v) is 1.16. The summed E-state index contributed by atoms with van der Waals surface area (Å²) in [4.78, 5) is 4.35. The number of aromatic nitrogens is 1. The molecule has 3 heteroatoms. The molecule has 3 nitrogen and oxygen atoms in total. The molecule has 0 spiro atoms. The molecule has 0 amide bonds. The molecule has 1 heterocycles. The lowest BCUT2D eigenvalue weighted by Crippen LogP contribution is -2.20. The maximum absolute atomic E-state index is 8.57. The molecule has 0 aromatic carbocycles. The molecular formula is C11H15N3. The Balaban J connectivity index is 2.36. The summed E-state index contributed by atoms with van der Waals surface area (Å²) in [6.07, 6.45) is 0. The number of hydrogen-bond donors (Lipinski definition) is 1. The second kappa shape index (κ2) is 5.36. The highest BCUT2D eigenvalue weighted by Crippen LogP contribution is 1.97. The Hall–Kier alpha value is -1.40. The molecule has 0 radical (unpaired) electrons. The molecule has 0 bridgehead atoms. The zero-order chi connectivity index (χ0) is 10.4. The van der Waals surface area contributed by atoms with Gasteiger partial charge in [-0.15, -0.1) is 0 Å². The molecule has 0 fully saturated rings. The molecule has 74 valence electrons. The molecule has 1 atom stereocenters. The van der Waals surface area contributed by atoms with Crippen LogP contribution in [0.1, 0.15) is 18.3 Å². The number of hydrogen-bond acceptors (Lipinski definition) is 3. The van der Waals surface area contributed by atoms with Crippen molar-refractivity contribution in [3.05, 3.63) is 29.6 Å².